The summed E-state index contributed by atoms with van der Waals surface area (Å²) in [4.78, 5) is 34.2. The second-order valence-corrected chi connectivity index (χ2v) is 7.34. The molecule has 1 amide bonds. The number of hydrogen-bond acceptors (Lipinski definition) is 5. The third kappa shape index (κ3) is 4.32. The monoisotopic (exact) mass is 371 g/mol. The first-order valence-corrected chi connectivity index (χ1v) is 9.24. The molecule has 0 aromatic carbocycles. The fourth-order valence-electron chi connectivity index (χ4n) is 3.36. The molecule has 0 bridgehead atoms. The molecular weight excluding hydrogens is 346 g/mol. The molecule has 27 heavy (non-hydrogen) atoms. The number of carboxylic acid groups (broad SMARTS) is 1. The second-order valence-electron chi connectivity index (χ2n) is 7.34. The molecule has 3 rings (SSSR count). The molecule has 8 nitrogen and oxygen atoms in total. The van der Waals surface area contributed by atoms with Gasteiger partial charge >= 0.3 is 5.97 Å². The van der Waals surface area contributed by atoms with Crippen molar-refractivity contribution in [1.29, 1.82) is 0 Å². The van der Waals surface area contributed by atoms with E-state index in [1.54, 1.807) is 6.20 Å². The van der Waals surface area contributed by atoms with Crippen LogP contribution < -0.4 is 0 Å². The second kappa shape index (κ2) is 7.85. The number of likely N-dealkylation sites (tertiary alicyclic amines) is 1. The van der Waals surface area contributed by atoms with E-state index in [2.05, 4.69) is 20.2 Å². The number of carbonyl (C=O) groups is 2. The van der Waals surface area contributed by atoms with E-state index in [9.17, 15) is 9.59 Å². The molecule has 2 N–H and O–H groups in total. The van der Waals surface area contributed by atoms with Gasteiger partial charge in [0.1, 0.15) is 5.82 Å². The van der Waals surface area contributed by atoms with Crippen molar-refractivity contribution in [2.45, 2.75) is 51.9 Å². The molecule has 3 heterocycles. The predicted octanol–water partition coefficient (Wildman–Crippen LogP) is 2.28. The normalized spacial score (nSPS) is 15.3. The Balaban J connectivity index is 1.62. The zero-order chi connectivity index (χ0) is 19.6. The number of amides is 1. The average Bonchev–Trinajstić information content (AvgIpc) is 3.09. The minimum absolute atomic E-state index is 0.0325. The van der Waals surface area contributed by atoms with Crippen LogP contribution in [0.3, 0.4) is 0 Å². The molecule has 1 saturated heterocycles. The summed E-state index contributed by atoms with van der Waals surface area (Å²) < 4.78 is 0. The molecule has 8 heteroatoms. The number of piperidine rings is 1. The molecule has 0 saturated carbocycles. The number of aromatic amines is 1. The quantitative estimate of drug-likeness (QED) is 0.834. The van der Waals surface area contributed by atoms with Crippen LogP contribution in [0.5, 0.6) is 0 Å². The van der Waals surface area contributed by atoms with E-state index in [0.29, 0.717) is 30.0 Å². The van der Waals surface area contributed by atoms with Crippen LogP contribution in [0.4, 0.5) is 0 Å². The summed E-state index contributed by atoms with van der Waals surface area (Å²) in [5.74, 6) is 0.289. The SMILES string of the molecule is Cc1nc(C(C)C)ncc1C(=O)N1CCC(c2cc(CC(=O)O)[nH]n2)CC1. The van der Waals surface area contributed by atoms with E-state index in [-0.39, 0.29) is 24.2 Å². The van der Waals surface area contributed by atoms with Crippen LogP contribution in [-0.2, 0) is 11.2 Å². The fraction of sp³-hybridized carbons (Fsp3) is 0.526. The summed E-state index contributed by atoms with van der Waals surface area (Å²) in [6, 6.07) is 1.82. The average molecular weight is 371 g/mol. The summed E-state index contributed by atoms with van der Waals surface area (Å²) in [6.45, 7) is 7.17. The van der Waals surface area contributed by atoms with Gasteiger partial charge in [0.2, 0.25) is 0 Å². The lowest BCUT2D eigenvalue weighted by Gasteiger charge is -2.31. The summed E-state index contributed by atoms with van der Waals surface area (Å²) in [5.41, 5.74) is 2.75. The van der Waals surface area contributed by atoms with Crippen LogP contribution in [-0.4, -0.2) is 55.1 Å². The lowest BCUT2D eigenvalue weighted by Crippen LogP contribution is -2.38. The van der Waals surface area contributed by atoms with Crippen LogP contribution in [0.1, 0.15) is 71.8 Å². The van der Waals surface area contributed by atoms with Gasteiger partial charge in [-0.05, 0) is 25.8 Å². The topological polar surface area (TPSA) is 112 Å². The number of aromatic nitrogens is 4. The van der Waals surface area contributed by atoms with Gasteiger partial charge in [-0.25, -0.2) is 9.97 Å². The highest BCUT2D eigenvalue weighted by molar-refractivity contribution is 5.95. The van der Waals surface area contributed by atoms with Crippen LogP contribution in [0.25, 0.3) is 0 Å². The summed E-state index contributed by atoms with van der Waals surface area (Å²) in [6.07, 6.45) is 3.17. The number of nitrogens with zero attached hydrogens (tertiary/aromatic N) is 4. The molecule has 2 aromatic heterocycles. The Hall–Kier alpha value is -2.77. The zero-order valence-corrected chi connectivity index (χ0v) is 15.9. The number of rotatable bonds is 5. The maximum atomic E-state index is 12.8. The first-order valence-electron chi connectivity index (χ1n) is 9.24. The molecule has 0 radical (unpaired) electrons. The van der Waals surface area contributed by atoms with Gasteiger partial charge < -0.3 is 10.0 Å². The van der Waals surface area contributed by atoms with E-state index < -0.39 is 5.97 Å². The van der Waals surface area contributed by atoms with Crippen molar-refractivity contribution in [2.75, 3.05) is 13.1 Å². The number of carboxylic acids is 1. The summed E-state index contributed by atoms with van der Waals surface area (Å²) >= 11 is 0. The number of aryl methyl sites for hydroxylation is 1. The Kier molecular flexibility index (Phi) is 5.53. The van der Waals surface area contributed by atoms with Crippen LogP contribution in [0, 0.1) is 6.92 Å². The van der Waals surface area contributed by atoms with Gasteiger partial charge in [0, 0.05) is 36.8 Å². The highest BCUT2D eigenvalue weighted by atomic mass is 16.4. The number of aliphatic carboxylic acids is 1. The van der Waals surface area contributed by atoms with Crippen molar-refractivity contribution >= 4 is 11.9 Å². The molecule has 1 aliphatic rings. The van der Waals surface area contributed by atoms with Crippen LogP contribution in [0.2, 0.25) is 0 Å². The first kappa shape index (κ1) is 19.0. The summed E-state index contributed by atoms with van der Waals surface area (Å²) in [7, 11) is 0. The van der Waals surface area contributed by atoms with E-state index in [1.807, 2.05) is 31.7 Å². The van der Waals surface area contributed by atoms with E-state index in [1.165, 1.54) is 0 Å². The van der Waals surface area contributed by atoms with Gasteiger partial charge in [-0.2, -0.15) is 5.10 Å². The highest BCUT2D eigenvalue weighted by Crippen LogP contribution is 2.28. The number of H-pyrrole nitrogens is 1. The largest absolute Gasteiger partial charge is 0.481 e. The van der Waals surface area contributed by atoms with E-state index >= 15 is 0 Å². The molecule has 144 valence electrons. The number of nitrogens with one attached hydrogen (secondary N) is 1. The highest BCUT2D eigenvalue weighted by Gasteiger charge is 2.27. The van der Waals surface area contributed by atoms with Gasteiger partial charge in [0.25, 0.3) is 5.91 Å². The smallest absolute Gasteiger partial charge is 0.309 e. The first-order chi connectivity index (χ1) is 12.8. The fourth-order valence-corrected chi connectivity index (χ4v) is 3.36. The zero-order valence-electron chi connectivity index (χ0n) is 15.9. The molecule has 2 aromatic rings. The Labute approximate surface area is 158 Å². The van der Waals surface area contributed by atoms with E-state index in [4.69, 9.17) is 5.11 Å². The van der Waals surface area contributed by atoms with Gasteiger partial charge in [0.15, 0.2) is 0 Å². The van der Waals surface area contributed by atoms with Crippen molar-refractivity contribution in [1.82, 2.24) is 25.1 Å². The molecule has 0 atom stereocenters. The summed E-state index contributed by atoms with van der Waals surface area (Å²) in [5, 5.41) is 15.9. The third-order valence-electron chi connectivity index (χ3n) is 4.94. The molecule has 1 aliphatic heterocycles. The van der Waals surface area contributed by atoms with Gasteiger partial charge in [-0.15, -0.1) is 0 Å². The minimum Gasteiger partial charge on any atom is -0.481 e. The van der Waals surface area contributed by atoms with Crippen LogP contribution >= 0.6 is 0 Å². The Morgan fingerprint density at radius 2 is 2.04 bits per heavy atom. The van der Waals surface area contributed by atoms with Crippen LogP contribution in [0.15, 0.2) is 12.3 Å². The van der Waals surface area contributed by atoms with E-state index in [0.717, 1.165) is 24.4 Å². The maximum Gasteiger partial charge on any atom is 0.309 e. The van der Waals surface area contributed by atoms with Crippen molar-refractivity contribution < 1.29 is 14.7 Å². The molecule has 1 fully saturated rings. The van der Waals surface area contributed by atoms with Gasteiger partial charge in [-0.3, -0.25) is 14.7 Å². The van der Waals surface area contributed by atoms with Crippen molar-refractivity contribution in [2.24, 2.45) is 0 Å². The Morgan fingerprint density at radius 3 is 2.63 bits per heavy atom. The molecule has 0 aliphatic carbocycles. The van der Waals surface area contributed by atoms with Gasteiger partial charge in [-0.1, -0.05) is 13.8 Å². The van der Waals surface area contributed by atoms with Crippen molar-refractivity contribution in [3.63, 3.8) is 0 Å². The van der Waals surface area contributed by atoms with Crippen molar-refractivity contribution in [3.8, 4) is 0 Å². The molecule has 0 unspecified atom stereocenters. The Morgan fingerprint density at radius 1 is 1.33 bits per heavy atom. The molecular formula is C19H25N5O3. The third-order valence-corrected chi connectivity index (χ3v) is 4.94. The Bertz CT molecular complexity index is 838. The molecule has 0 spiro atoms. The predicted molar refractivity (Wildman–Crippen MR) is 98.7 cm³/mol. The maximum absolute atomic E-state index is 12.8. The van der Waals surface area contributed by atoms with Gasteiger partial charge in [0.05, 0.1) is 23.4 Å². The lowest BCUT2D eigenvalue weighted by atomic mass is 9.93. The minimum atomic E-state index is -0.883. The lowest BCUT2D eigenvalue weighted by molar-refractivity contribution is -0.136. The standard InChI is InChI=1S/C19H25N5O3/c1-11(2)18-20-10-15(12(3)21-18)19(27)24-6-4-13(5-7-24)16-8-14(22-23-16)9-17(25)26/h8,10-11,13H,4-7,9H2,1-3H3,(H,22,23)(H,25,26). The van der Waals surface area contributed by atoms with Crippen molar-refractivity contribution in [3.05, 3.63) is 40.7 Å². The number of carbonyl (C=O) groups excluding carboxylic acids is 1. The number of hydrogen-bond donors (Lipinski definition) is 2.